The molecule has 1 unspecified atom stereocenters. The highest BCUT2D eigenvalue weighted by Crippen LogP contribution is 2.29. The molecule has 0 saturated carbocycles. The Bertz CT molecular complexity index is 1060. The molecule has 0 amide bonds. The lowest BCUT2D eigenvalue weighted by Gasteiger charge is -2.10. The maximum atomic E-state index is 12.8. The lowest BCUT2D eigenvalue weighted by atomic mass is 10.1. The molecule has 0 aliphatic heterocycles. The van der Waals surface area contributed by atoms with Crippen LogP contribution < -0.4 is 0 Å². The molecule has 9 heteroatoms. The molecule has 0 spiro atoms. The van der Waals surface area contributed by atoms with E-state index in [1.165, 1.54) is 24.0 Å². The minimum Gasteiger partial charge on any atom is -0.464 e. The van der Waals surface area contributed by atoms with E-state index in [4.69, 9.17) is 16.3 Å². The number of azo groups is 1. The van der Waals surface area contributed by atoms with Gasteiger partial charge in [0.05, 0.1) is 17.9 Å². The third-order valence-electron chi connectivity index (χ3n) is 3.76. The Kier molecular flexibility index (Phi) is 7.64. The average Bonchev–Trinajstić information content (AvgIpc) is 2.75. The summed E-state index contributed by atoms with van der Waals surface area (Å²) in [5.74, 6) is -1.43. The van der Waals surface area contributed by atoms with Crippen molar-refractivity contribution < 1.29 is 14.3 Å². The predicted molar refractivity (Wildman–Crippen MR) is 113 cm³/mol. The van der Waals surface area contributed by atoms with Gasteiger partial charge < -0.3 is 4.74 Å². The number of Topliss-reactive ketones (excluding diaryl/α,β-unsaturated/α-hetero) is 1. The van der Waals surface area contributed by atoms with Crippen molar-refractivity contribution in [1.82, 2.24) is 9.97 Å². The SMILES string of the molecule is CCOC(=O)C(N=Nc1cccc(Sc2cccnc2)c1)C(=O)c1cccnc1Cl. The maximum Gasteiger partial charge on any atom is 0.341 e. The Morgan fingerprint density at radius 2 is 1.93 bits per heavy atom. The van der Waals surface area contributed by atoms with E-state index in [0.717, 1.165) is 9.79 Å². The minimum atomic E-state index is -1.47. The molecule has 1 atom stereocenters. The van der Waals surface area contributed by atoms with E-state index in [2.05, 4.69) is 20.2 Å². The predicted octanol–water partition coefficient (Wildman–Crippen LogP) is 5.18. The molecule has 0 fully saturated rings. The number of ether oxygens (including phenoxy) is 1. The number of hydrogen-bond acceptors (Lipinski definition) is 8. The lowest BCUT2D eigenvalue weighted by Crippen LogP contribution is -2.30. The zero-order valence-corrected chi connectivity index (χ0v) is 17.5. The van der Waals surface area contributed by atoms with Crippen molar-refractivity contribution in [3.8, 4) is 0 Å². The first-order chi connectivity index (χ1) is 14.6. The number of carbonyl (C=O) groups is 2. The first-order valence-electron chi connectivity index (χ1n) is 8.98. The van der Waals surface area contributed by atoms with Crippen LogP contribution in [0.1, 0.15) is 17.3 Å². The summed E-state index contributed by atoms with van der Waals surface area (Å²) in [7, 11) is 0. The molecule has 0 aliphatic carbocycles. The fourth-order valence-corrected chi connectivity index (χ4v) is 3.49. The summed E-state index contributed by atoms with van der Waals surface area (Å²) in [6.45, 7) is 1.75. The van der Waals surface area contributed by atoms with Gasteiger partial charge in [-0.15, -0.1) is 0 Å². The maximum absolute atomic E-state index is 12.8. The molecule has 0 N–H and O–H groups in total. The van der Waals surface area contributed by atoms with Crippen molar-refractivity contribution in [2.24, 2.45) is 10.2 Å². The van der Waals surface area contributed by atoms with Crippen molar-refractivity contribution in [3.05, 3.63) is 77.8 Å². The normalized spacial score (nSPS) is 11.9. The van der Waals surface area contributed by atoms with Crippen LogP contribution in [0.4, 0.5) is 5.69 Å². The number of pyridine rings is 2. The van der Waals surface area contributed by atoms with Crippen LogP contribution in [0.15, 0.2) is 87.1 Å². The first kappa shape index (κ1) is 21.6. The third kappa shape index (κ3) is 5.71. The second-order valence-electron chi connectivity index (χ2n) is 5.86. The summed E-state index contributed by atoms with van der Waals surface area (Å²) in [6.07, 6.45) is 4.91. The van der Waals surface area contributed by atoms with Gasteiger partial charge >= 0.3 is 5.97 Å². The third-order valence-corrected chi connectivity index (χ3v) is 5.03. The van der Waals surface area contributed by atoms with E-state index in [-0.39, 0.29) is 17.3 Å². The van der Waals surface area contributed by atoms with Crippen molar-refractivity contribution in [2.45, 2.75) is 22.8 Å². The van der Waals surface area contributed by atoms with Gasteiger partial charge in [0, 0.05) is 28.4 Å². The van der Waals surface area contributed by atoms with Crippen LogP contribution >= 0.6 is 23.4 Å². The molecule has 0 aliphatic rings. The number of rotatable bonds is 8. The molecule has 152 valence electrons. The number of halogens is 1. The second-order valence-corrected chi connectivity index (χ2v) is 7.37. The molecule has 1 aromatic carbocycles. The number of nitrogens with zero attached hydrogens (tertiary/aromatic N) is 4. The van der Waals surface area contributed by atoms with E-state index in [1.54, 1.807) is 37.5 Å². The molecular formula is C21H17ClN4O3S. The molecule has 30 heavy (non-hydrogen) atoms. The Balaban J connectivity index is 1.84. The Labute approximate surface area is 182 Å². The molecule has 2 heterocycles. The van der Waals surface area contributed by atoms with Crippen LogP contribution in [-0.4, -0.2) is 34.4 Å². The van der Waals surface area contributed by atoms with Crippen LogP contribution in [0.25, 0.3) is 0 Å². The molecule has 7 nitrogen and oxygen atoms in total. The second kappa shape index (κ2) is 10.6. The van der Waals surface area contributed by atoms with Gasteiger partial charge in [-0.1, -0.05) is 29.4 Å². The summed E-state index contributed by atoms with van der Waals surface area (Å²) in [5, 5.41) is 8.06. The highest BCUT2D eigenvalue weighted by Gasteiger charge is 2.30. The summed E-state index contributed by atoms with van der Waals surface area (Å²) in [6, 6.07) is 12.6. The molecule has 2 aromatic heterocycles. The van der Waals surface area contributed by atoms with Gasteiger partial charge in [0.15, 0.2) is 0 Å². The average molecular weight is 441 g/mol. The fraction of sp³-hybridized carbons (Fsp3) is 0.143. The van der Waals surface area contributed by atoms with Crippen LogP contribution in [0, 0.1) is 0 Å². The number of carbonyl (C=O) groups excluding carboxylic acids is 2. The lowest BCUT2D eigenvalue weighted by molar-refractivity contribution is -0.143. The highest BCUT2D eigenvalue weighted by molar-refractivity contribution is 7.99. The van der Waals surface area contributed by atoms with Crippen molar-refractivity contribution in [1.29, 1.82) is 0 Å². The van der Waals surface area contributed by atoms with Crippen LogP contribution in [0.5, 0.6) is 0 Å². The monoisotopic (exact) mass is 440 g/mol. The number of aromatic nitrogens is 2. The van der Waals surface area contributed by atoms with Gasteiger partial charge in [-0.05, 0) is 49.4 Å². The van der Waals surface area contributed by atoms with E-state index < -0.39 is 17.8 Å². The number of ketones is 1. The van der Waals surface area contributed by atoms with Gasteiger partial charge in [-0.3, -0.25) is 9.78 Å². The highest BCUT2D eigenvalue weighted by atomic mass is 35.5. The van der Waals surface area contributed by atoms with Gasteiger partial charge in [0.1, 0.15) is 5.15 Å². The van der Waals surface area contributed by atoms with Crippen molar-refractivity contribution in [2.75, 3.05) is 6.61 Å². The van der Waals surface area contributed by atoms with Crippen LogP contribution in [0.2, 0.25) is 5.15 Å². The van der Waals surface area contributed by atoms with Crippen LogP contribution in [-0.2, 0) is 9.53 Å². The zero-order chi connectivity index (χ0) is 21.3. The molecule has 3 aromatic rings. The zero-order valence-electron chi connectivity index (χ0n) is 15.9. The number of esters is 1. The van der Waals surface area contributed by atoms with Gasteiger partial charge in [0.25, 0.3) is 0 Å². The Morgan fingerprint density at radius 1 is 1.13 bits per heavy atom. The number of benzene rings is 1. The fourth-order valence-electron chi connectivity index (χ4n) is 2.42. The molecule has 0 bridgehead atoms. The summed E-state index contributed by atoms with van der Waals surface area (Å²) in [5.41, 5.74) is 0.570. The van der Waals surface area contributed by atoms with Crippen molar-refractivity contribution >= 4 is 40.8 Å². The number of hydrogen-bond donors (Lipinski definition) is 0. The molecule has 0 radical (unpaired) electrons. The van der Waals surface area contributed by atoms with Gasteiger partial charge in [0.2, 0.25) is 11.8 Å². The van der Waals surface area contributed by atoms with Gasteiger partial charge in [-0.25, -0.2) is 9.78 Å². The molecule has 0 saturated heterocycles. The minimum absolute atomic E-state index is 0.0122. The van der Waals surface area contributed by atoms with E-state index in [0.29, 0.717) is 5.69 Å². The van der Waals surface area contributed by atoms with Crippen LogP contribution in [0.3, 0.4) is 0 Å². The van der Waals surface area contributed by atoms with E-state index in [1.807, 2.05) is 24.3 Å². The summed E-state index contributed by atoms with van der Waals surface area (Å²) >= 11 is 7.50. The van der Waals surface area contributed by atoms with E-state index >= 15 is 0 Å². The summed E-state index contributed by atoms with van der Waals surface area (Å²) < 4.78 is 4.99. The van der Waals surface area contributed by atoms with Crippen molar-refractivity contribution in [3.63, 3.8) is 0 Å². The molecule has 3 rings (SSSR count). The van der Waals surface area contributed by atoms with E-state index in [9.17, 15) is 9.59 Å². The first-order valence-corrected chi connectivity index (χ1v) is 10.2. The van der Waals surface area contributed by atoms with Gasteiger partial charge in [-0.2, -0.15) is 10.2 Å². The molecular weight excluding hydrogens is 424 g/mol. The summed E-state index contributed by atoms with van der Waals surface area (Å²) in [4.78, 5) is 35.0. The topological polar surface area (TPSA) is 93.9 Å². The Hall–Kier alpha value is -3.10. The standard InChI is InChI=1S/C21H17ClN4O3S/c1-2-29-21(28)18(19(27)17-9-5-11-24-20(17)22)26-25-14-6-3-7-15(12-14)30-16-8-4-10-23-13-16/h3-13,18H,2H2,1H3. The largest absolute Gasteiger partial charge is 0.464 e. The smallest absolute Gasteiger partial charge is 0.341 e. The quantitative estimate of drug-likeness (QED) is 0.157. The Morgan fingerprint density at radius 3 is 2.67 bits per heavy atom.